The van der Waals surface area contributed by atoms with Crippen LogP contribution in [0.15, 0.2) is 18.2 Å². The first-order valence-corrected chi connectivity index (χ1v) is 6.85. The molecule has 7 heteroatoms. The highest BCUT2D eigenvalue weighted by Gasteiger charge is 2.14. The van der Waals surface area contributed by atoms with E-state index in [0.29, 0.717) is 5.69 Å². The third-order valence-corrected chi connectivity index (χ3v) is 3.57. The second kappa shape index (κ2) is 5.72. The highest BCUT2D eigenvalue weighted by Crippen LogP contribution is 2.24. The molecule has 0 amide bonds. The van der Waals surface area contributed by atoms with Crippen LogP contribution >= 0.6 is 0 Å². The van der Waals surface area contributed by atoms with Gasteiger partial charge in [0.05, 0.1) is 25.7 Å². The maximum absolute atomic E-state index is 11.4. The van der Waals surface area contributed by atoms with E-state index in [1.807, 2.05) is 0 Å². The van der Waals surface area contributed by atoms with Gasteiger partial charge in [0, 0.05) is 6.07 Å². The van der Waals surface area contributed by atoms with Gasteiger partial charge in [0.2, 0.25) is 10.0 Å². The van der Waals surface area contributed by atoms with Gasteiger partial charge in [-0.3, -0.25) is 4.72 Å². The lowest BCUT2D eigenvalue weighted by Crippen LogP contribution is -2.15. The number of carbonyl (C=O) groups excluding carboxylic acids is 1. The Morgan fingerprint density at radius 1 is 1.33 bits per heavy atom. The van der Waals surface area contributed by atoms with Crippen LogP contribution < -0.4 is 9.46 Å². The van der Waals surface area contributed by atoms with E-state index in [-0.39, 0.29) is 17.1 Å². The summed E-state index contributed by atoms with van der Waals surface area (Å²) in [5.41, 5.74) is 0.570. The lowest BCUT2D eigenvalue weighted by atomic mass is 10.2. The van der Waals surface area contributed by atoms with Gasteiger partial charge in [0.15, 0.2) is 0 Å². The van der Waals surface area contributed by atoms with Crippen molar-refractivity contribution in [3.8, 4) is 5.75 Å². The second-order valence-corrected chi connectivity index (χ2v) is 5.42. The van der Waals surface area contributed by atoms with Gasteiger partial charge >= 0.3 is 5.97 Å². The Hall–Kier alpha value is -1.76. The second-order valence-electron chi connectivity index (χ2n) is 3.41. The molecule has 0 fully saturated rings. The Morgan fingerprint density at radius 3 is 2.50 bits per heavy atom. The monoisotopic (exact) mass is 273 g/mol. The summed E-state index contributed by atoms with van der Waals surface area (Å²) in [6.07, 6.45) is 0. The molecule has 1 rings (SSSR count). The Labute approximate surface area is 106 Å². The summed E-state index contributed by atoms with van der Waals surface area (Å²) in [5, 5.41) is 0. The van der Waals surface area contributed by atoms with Gasteiger partial charge in [-0.25, -0.2) is 13.2 Å². The van der Waals surface area contributed by atoms with E-state index in [0.717, 1.165) is 0 Å². The Balaban J connectivity index is 3.10. The van der Waals surface area contributed by atoms with Crippen LogP contribution in [0.3, 0.4) is 0 Å². The van der Waals surface area contributed by atoms with Crippen LogP contribution in [-0.4, -0.2) is 34.4 Å². The van der Waals surface area contributed by atoms with E-state index in [1.165, 1.54) is 39.3 Å². The number of carbonyl (C=O) groups is 1. The first kappa shape index (κ1) is 14.3. The molecule has 18 heavy (non-hydrogen) atoms. The number of nitrogens with one attached hydrogen (secondary N) is 1. The molecular formula is C11H15NO5S. The molecule has 0 aliphatic heterocycles. The number of rotatable bonds is 5. The summed E-state index contributed by atoms with van der Waals surface area (Å²) in [6, 6.07) is 4.35. The van der Waals surface area contributed by atoms with Crippen molar-refractivity contribution in [1.29, 1.82) is 0 Å². The standard InChI is InChI=1S/C11H15NO5S/c1-4-18(14,15)12-8-5-6-9(11(13)17-3)10(7-8)16-2/h5-7,12H,4H2,1-3H3. The maximum atomic E-state index is 11.4. The van der Waals surface area contributed by atoms with E-state index in [4.69, 9.17) is 4.74 Å². The van der Waals surface area contributed by atoms with E-state index < -0.39 is 16.0 Å². The molecule has 1 aromatic rings. The van der Waals surface area contributed by atoms with Crippen LogP contribution in [0.25, 0.3) is 0 Å². The quantitative estimate of drug-likeness (QED) is 0.816. The van der Waals surface area contributed by atoms with Crippen molar-refractivity contribution in [2.45, 2.75) is 6.92 Å². The number of ether oxygens (including phenoxy) is 2. The van der Waals surface area contributed by atoms with Crippen LogP contribution in [0, 0.1) is 0 Å². The molecule has 6 nitrogen and oxygen atoms in total. The molecule has 0 bridgehead atoms. The molecule has 1 aromatic carbocycles. The average molecular weight is 273 g/mol. The average Bonchev–Trinajstić information content (AvgIpc) is 2.37. The van der Waals surface area contributed by atoms with Gasteiger partial charge in [-0.05, 0) is 19.1 Å². The van der Waals surface area contributed by atoms with Crippen molar-refractivity contribution in [2.75, 3.05) is 24.7 Å². The molecule has 0 saturated carbocycles. The molecule has 0 aliphatic rings. The minimum absolute atomic E-state index is 0.0337. The SMILES string of the molecule is CCS(=O)(=O)Nc1ccc(C(=O)OC)c(OC)c1. The molecule has 0 saturated heterocycles. The number of hydrogen-bond donors (Lipinski definition) is 1. The first-order chi connectivity index (χ1) is 8.43. The molecule has 0 heterocycles. The summed E-state index contributed by atoms with van der Waals surface area (Å²) in [7, 11) is -0.710. The number of esters is 1. The molecule has 0 spiro atoms. The van der Waals surface area contributed by atoms with E-state index in [1.54, 1.807) is 0 Å². The predicted octanol–water partition coefficient (Wildman–Crippen LogP) is 1.24. The largest absolute Gasteiger partial charge is 0.496 e. The van der Waals surface area contributed by atoms with Gasteiger partial charge in [0.25, 0.3) is 0 Å². The summed E-state index contributed by atoms with van der Waals surface area (Å²) >= 11 is 0. The van der Waals surface area contributed by atoms with Gasteiger partial charge in [0.1, 0.15) is 11.3 Å². The highest BCUT2D eigenvalue weighted by atomic mass is 32.2. The number of methoxy groups -OCH3 is 2. The summed E-state index contributed by atoms with van der Waals surface area (Å²) < 4.78 is 34.8. The minimum atomic E-state index is -3.36. The fraction of sp³-hybridized carbons (Fsp3) is 0.364. The number of anilines is 1. The fourth-order valence-corrected chi connectivity index (χ4v) is 1.92. The van der Waals surface area contributed by atoms with Gasteiger partial charge in [-0.1, -0.05) is 0 Å². The molecule has 1 N–H and O–H groups in total. The first-order valence-electron chi connectivity index (χ1n) is 5.20. The molecule has 0 aromatic heterocycles. The zero-order valence-electron chi connectivity index (χ0n) is 10.4. The molecular weight excluding hydrogens is 258 g/mol. The van der Waals surface area contributed by atoms with Crippen LogP contribution in [0.5, 0.6) is 5.75 Å². The maximum Gasteiger partial charge on any atom is 0.341 e. The van der Waals surface area contributed by atoms with Crippen molar-refractivity contribution in [2.24, 2.45) is 0 Å². The van der Waals surface area contributed by atoms with Gasteiger partial charge in [-0.15, -0.1) is 0 Å². The zero-order chi connectivity index (χ0) is 13.8. The lowest BCUT2D eigenvalue weighted by Gasteiger charge is -2.10. The molecule has 0 atom stereocenters. The third kappa shape index (κ3) is 3.36. The van der Waals surface area contributed by atoms with E-state index >= 15 is 0 Å². The Morgan fingerprint density at radius 2 is 2.00 bits per heavy atom. The minimum Gasteiger partial charge on any atom is -0.496 e. The third-order valence-electron chi connectivity index (χ3n) is 2.26. The zero-order valence-corrected chi connectivity index (χ0v) is 11.2. The van der Waals surface area contributed by atoms with Crippen molar-refractivity contribution in [1.82, 2.24) is 0 Å². The predicted molar refractivity (Wildman–Crippen MR) is 67.4 cm³/mol. The van der Waals surface area contributed by atoms with E-state index in [9.17, 15) is 13.2 Å². The van der Waals surface area contributed by atoms with Crippen LogP contribution in [-0.2, 0) is 14.8 Å². The van der Waals surface area contributed by atoms with Crippen LogP contribution in [0.2, 0.25) is 0 Å². The molecule has 0 aliphatic carbocycles. The molecule has 100 valence electrons. The Bertz CT molecular complexity index is 538. The van der Waals surface area contributed by atoms with E-state index in [2.05, 4.69) is 9.46 Å². The van der Waals surface area contributed by atoms with Crippen molar-refractivity contribution in [3.05, 3.63) is 23.8 Å². The summed E-state index contributed by atoms with van der Waals surface area (Å²) in [6.45, 7) is 1.53. The van der Waals surface area contributed by atoms with Crippen molar-refractivity contribution >= 4 is 21.7 Å². The smallest absolute Gasteiger partial charge is 0.341 e. The van der Waals surface area contributed by atoms with Crippen molar-refractivity contribution in [3.63, 3.8) is 0 Å². The summed E-state index contributed by atoms with van der Waals surface area (Å²) in [5.74, 6) is -0.330. The van der Waals surface area contributed by atoms with Gasteiger partial charge < -0.3 is 9.47 Å². The fourth-order valence-electron chi connectivity index (χ4n) is 1.29. The summed E-state index contributed by atoms with van der Waals surface area (Å²) in [4.78, 5) is 11.4. The van der Waals surface area contributed by atoms with Gasteiger partial charge in [-0.2, -0.15) is 0 Å². The van der Waals surface area contributed by atoms with Crippen LogP contribution in [0.4, 0.5) is 5.69 Å². The molecule has 0 radical (unpaired) electrons. The lowest BCUT2D eigenvalue weighted by molar-refractivity contribution is 0.0597. The van der Waals surface area contributed by atoms with Crippen molar-refractivity contribution < 1.29 is 22.7 Å². The number of sulfonamides is 1. The highest BCUT2D eigenvalue weighted by molar-refractivity contribution is 7.92. The van der Waals surface area contributed by atoms with Crippen LogP contribution in [0.1, 0.15) is 17.3 Å². The topological polar surface area (TPSA) is 81.7 Å². The Kier molecular flexibility index (Phi) is 4.55. The number of hydrogen-bond acceptors (Lipinski definition) is 5. The number of benzene rings is 1. The molecule has 0 unspecified atom stereocenters. The normalized spacial score (nSPS) is 10.8.